The zero-order chi connectivity index (χ0) is 8.27. The van der Waals surface area contributed by atoms with Crippen LogP contribution in [0, 0.1) is 9.81 Å². The molecule has 4 nitrogen and oxygen atoms in total. The Morgan fingerprint density at radius 3 is 2.45 bits per heavy atom. The first-order chi connectivity index (χ1) is 5.27. The van der Waals surface area contributed by atoms with Crippen molar-refractivity contribution in [2.75, 3.05) is 0 Å². The lowest BCUT2D eigenvalue weighted by Crippen LogP contribution is -1.67. The molecule has 0 atom stereocenters. The van der Waals surface area contributed by atoms with Gasteiger partial charge in [-0.05, 0) is 28.6 Å². The Hall–Kier alpha value is -1.23. The molecule has 0 aliphatic heterocycles. The molecule has 0 spiro atoms. The Labute approximate surface area is 68.0 Å². The highest BCUT2D eigenvalue weighted by Crippen LogP contribution is 2.27. The second kappa shape index (κ2) is 3.25. The maximum Gasteiger partial charge on any atom is 0.123 e. The Kier molecular flexibility index (Phi) is 2.32. The molecular formula is C6H4N2O2S. The maximum atomic E-state index is 10.1. The molecule has 5 heteroatoms. The molecule has 0 bridgehead atoms. The van der Waals surface area contributed by atoms with Crippen LogP contribution in [0.5, 0.6) is 0 Å². The van der Waals surface area contributed by atoms with Gasteiger partial charge in [-0.1, -0.05) is 0 Å². The van der Waals surface area contributed by atoms with Crippen molar-refractivity contribution in [2.45, 2.75) is 4.90 Å². The van der Waals surface area contributed by atoms with Crippen molar-refractivity contribution in [1.29, 1.82) is 0 Å². The molecule has 1 aromatic carbocycles. The third-order valence-corrected chi connectivity index (χ3v) is 1.54. The van der Waals surface area contributed by atoms with Crippen molar-refractivity contribution in [3.05, 3.63) is 28.0 Å². The molecule has 0 radical (unpaired) electrons. The normalized spacial score (nSPS) is 9.18. The fourth-order valence-electron chi connectivity index (χ4n) is 0.642. The number of hydrogen-bond donors (Lipinski definition) is 1. The lowest BCUT2D eigenvalue weighted by atomic mass is 10.3. The van der Waals surface area contributed by atoms with Gasteiger partial charge in [-0.2, -0.15) is 0 Å². The van der Waals surface area contributed by atoms with Crippen LogP contribution >= 0.6 is 12.6 Å². The average Bonchev–Trinajstić information content (AvgIpc) is 2.05. The molecule has 0 N–H and O–H groups in total. The Bertz CT molecular complexity index is 301. The molecule has 1 rings (SSSR count). The summed E-state index contributed by atoms with van der Waals surface area (Å²) in [7, 11) is 0. The van der Waals surface area contributed by atoms with Crippen LogP contribution in [-0.2, 0) is 0 Å². The molecule has 0 unspecified atom stereocenters. The number of benzene rings is 1. The highest BCUT2D eigenvalue weighted by molar-refractivity contribution is 7.80. The van der Waals surface area contributed by atoms with Crippen LogP contribution < -0.4 is 0 Å². The van der Waals surface area contributed by atoms with E-state index in [-0.39, 0.29) is 11.4 Å². The summed E-state index contributed by atoms with van der Waals surface area (Å²) in [5.74, 6) is 0. The van der Waals surface area contributed by atoms with Crippen LogP contribution in [-0.4, -0.2) is 0 Å². The smallest absolute Gasteiger partial charge is 0.123 e. The first-order valence-electron chi connectivity index (χ1n) is 2.77. The van der Waals surface area contributed by atoms with Gasteiger partial charge in [0, 0.05) is 4.90 Å². The Morgan fingerprint density at radius 1 is 1.18 bits per heavy atom. The largest absolute Gasteiger partial charge is 0.145 e. The lowest BCUT2D eigenvalue weighted by Gasteiger charge is -1.93. The topological polar surface area (TPSA) is 58.9 Å². The number of hydrogen-bond acceptors (Lipinski definition) is 5. The van der Waals surface area contributed by atoms with E-state index in [1.54, 1.807) is 0 Å². The Balaban J connectivity index is 3.22. The molecule has 0 saturated carbocycles. The van der Waals surface area contributed by atoms with Crippen LogP contribution in [0.3, 0.4) is 0 Å². The van der Waals surface area contributed by atoms with E-state index >= 15 is 0 Å². The van der Waals surface area contributed by atoms with Crippen LogP contribution in [0.4, 0.5) is 11.4 Å². The molecule has 0 aromatic heterocycles. The predicted octanol–water partition coefficient (Wildman–Crippen LogP) is 2.77. The van der Waals surface area contributed by atoms with Gasteiger partial charge in [-0.3, -0.25) is 0 Å². The van der Waals surface area contributed by atoms with E-state index in [1.807, 2.05) is 0 Å². The molecule has 0 aliphatic carbocycles. The summed E-state index contributed by atoms with van der Waals surface area (Å²) in [5, 5.41) is 5.29. The zero-order valence-electron chi connectivity index (χ0n) is 5.39. The second-order valence-electron chi connectivity index (χ2n) is 1.86. The molecule has 0 saturated heterocycles. The van der Waals surface area contributed by atoms with Gasteiger partial charge in [0.05, 0.1) is 0 Å². The van der Waals surface area contributed by atoms with E-state index in [4.69, 9.17) is 0 Å². The molecule has 0 amide bonds. The quantitative estimate of drug-likeness (QED) is 0.545. The van der Waals surface area contributed by atoms with Crippen molar-refractivity contribution < 1.29 is 0 Å². The van der Waals surface area contributed by atoms with Crippen LogP contribution in [0.15, 0.2) is 33.4 Å². The van der Waals surface area contributed by atoms with Crippen molar-refractivity contribution >= 4 is 24.0 Å². The molecular weight excluding hydrogens is 164 g/mol. The fourth-order valence-corrected chi connectivity index (χ4v) is 0.822. The summed E-state index contributed by atoms with van der Waals surface area (Å²) in [6.45, 7) is 0. The van der Waals surface area contributed by atoms with Gasteiger partial charge in [-0.25, -0.2) is 0 Å². The highest BCUT2D eigenvalue weighted by Gasteiger charge is 1.99. The lowest BCUT2D eigenvalue weighted by molar-refractivity contribution is 1.34. The van der Waals surface area contributed by atoms with Crippen LogP contribution in [0.2, 0.25) is 0 Å². The van der Waals surface area contributed by atoms with E-state index in [1.165, 1.54) is 18.2 Å². The SMILES string of the molecule is O=Nc1ccc(S)c(N=O)c1. The standard InChI is InChI=1S/C6H4N2O2S/c9-7-4-1-2-6(11)5(3-4)8-10/h1-3,11H. The van der Waals surface area contributed by atoms with Gasteiger partial charge < -0.3 is 0 Å². The summed E-state index contributed by atoms with van der Waals surface area (Å²) in [4.78, 5) is 20.5. The summed E-state index contributed by atoms with van der Waals surface area (Å²) in [5.41, 5.74) is 0.308. The summed E-state index contributed by atoms with van der Waals surface area (Å²) >= 11 is 3.93. The Morgan fingerprint density at radius 2 is 1.91 bits per heavy atom. The minimum atomic E-state index is 0.130. The average molecular weight is 168 g/mol. The van der Waals surface area contributed by atoms with Gasteiger partial charge in [0.2, 0.25) is 0 Å². The summed E-state index contributed by atoms with van der Waals surface area (Å²) in [6, 6.07) is 4.24. The molecule has 0 aliphatic rings. The van der Waals surface area contributed by atoms with Crippen molar-refractivity contribution in [3.63, 3.8) is 0 Å². The molecule has 0 heterocycles. The summed E-state index contributed by atoms with van der Waals surface area (Å²) < 4.78 is 0. The molecule has 11 heavy (non-hydrogen) atoms. The van der Waals surface area contributed by atoms with E-state index in [9.17, 15) is 9.81 Å². The summed E-state index contributed by atoms with van der Waals surface area (Å²) in [6.07, 6.45) is 0. The number of nitroso groups, excluding NO2 is 2. The van der Waals surface area contributed by atoms with Crippen molar-refractivity contribution in [1.82, 2.24) is 0 Å². The zero-order valence-corrected chi connectivity index (χ0v) is 6.28. The van der Waals surface area contributed by atoms with Gasteiger partial charge in [-0.15, -0.1) is 22.4 Å². The van der Waals surface area contributed by atoms with E-state index in [0.29, 0.717) is 4.90 Å². The van der Waals surface area contributed by atoms with Gasteiger partial charge in [0.25, 0.3) is 0 Å². The number of nitrogens with zero attached hydrogens (tertiary/aromatic N) is 2. The minimum Gasteiger partial charge on any atom is -0.145 e. The van der Waals surface area contributed by atoms with Gasteiger partial charge in [0.15, 0.2) is 0 Å². The molecule has 0 fully saturated rings. The predicted molar refractivity (Wildman–Crippen MR) is 44.6 cm³/mol. The van der Waals surface area contributed by atoms with Crippen molar-refractivity contribution in [3.8, 4) is 0 Å². The third-order valence-electron chi connectivity index (χ3n) is 1.16. The third kappa shape index (κ3) is 1.62. The molecule has 56 valence electrons. The number of thiol groups is 1. The van der Waals surface area contributed by atoms with E-state index in [2.05, 4.69) is 23.0 Å². The van der Waals surface area contributed by atoms with Gasteiger partial charge >= 0.3 is 0 Å². The maximum absolute atomic E-state index is 10.1. The minimum absolute atomic E-state index is 0.130. The van der Waals surface area contributed by atoms with E-state index in [0.717, 1.165) is 0 Å². The first-order valence-corrected chi connectivity index (χ1v) is 3.22. The van der Waals surface area contributed by atoms with Crippen LogP contribution in [0.25, 0.3) is 0 Å². The van der Waals surface area contributed by atoms with Crippen LogP contribution in [0.1, 0.15) is 0 Å². The number of rotatable bonds is 2. The second-order valence-corrected chi connectivity index (χ2v) is 2.34. The molecule has 1 aromatic rings. The van der Waals surface area contributed by atoms with E-state index < -0.39 is 0 Å². The first kappa shape index (κ1) is 7.87. The fraction of sp³-hybridized carbons (Fsp3) is 0. The van der Waals surface area contributed by atoms with Gasteiger partial charge in [0.1, 0.15) is 11.4 Å². The monoisotopic (exact) mass is 168 g/mol. The highest BCUT2D eigenvalue weighted by atomic mass is 32.1. The van der Waals surface area contributed by atoms with Crippen molar-refractivity contribution in [2.24, 2.45) is 10.4 Å².